The van der Waals surface area contributed by atoms with E-state index in [-0.39, 0.29) is 5.41 Å². The van der Waals surface area contributed by atoms with Gasteiger partial charge in [0.25, 0.3) is 5.56 Å². The molecule has 4 bridgehead atoms. The molecular weight excluding hydrogens is 417 g/mol. The quantitative estimate of drug-likeness (QED) is 0.787. The van der Waals surface area contributed by atoms with Gasteiger partial charge in [0.15, 0.2) is 0 Å². The molecule has 4 aliphatic rings. The Balaban J connectivity index is 1.30. The van der Waals surface area contributed by atoms with Gasteiger partial charge in [0.2, 0.25) is 11.0 Å². The van der Waals surface area contributed by atoms with E-state index < -0.39 is 29.8 Å². The van der Waals surface area contributed by atoms with Gasteiger partial charge in [-0.25, -0.2) is 0 Å². The van der Waals surface area contributed by atoms with Crippen molar-refractivity contribution in [3.8, 4) is 0 Å². The highest BCUT2D eigenvalue weighted by Crippen LogP contribution is 2.61. The van der Waals surface area contributed by atoms with E-state index in [1.807, 2.05) is 0 Å². The van der Waals surface area contributed by atoms with E-state index in [4.69, 9.17) is 0 Å². The van der Waals surface area contributed by atoms with Gasteiger partial charge in [0.05, 0.1) is 0 Å². The SMILES string of the molecule is O=C(Cn1cccc(C(F)(F)F)c1=O)Nc1nnc(C23CC4CC(CC(C4)C2)C3)s1. The number of carbonyl (C=O) groups excluding carboxylic acids is 1. The minimum atomic E-state index is -4.76. The van der Waals surface area contributed by atoms with Crippen LogP contribution in [0.4, 0.5) is 18.3 Å². The van der Waals surface area contributed by atoms with Gasteiger partial charge in [-0.2, -0.15) is 13.2 Å². The first-order chi connectivity index (χ1) is 14.2. The third kappa shape index (κ3) is 3.44. The maximum Gasteiger partial charge on any atom is 0.421 e. The van der Waals surface area contributed by atoms with E-state index in [9.17, 15) is 22.8 Å². The molecule has 10 heteroatoms. The fraction of sp³-hybridized carbons (Fsp3) is 0.600. The van der Waals surface area contributed by atoms with Crippen molar-refractivity contribution in [3.05, 3.63) is 39.3 Å². The lowest BCUT2D eigenvalue weighted by atomic mass is 9.50. The van der Waals surface area contributed by atoms with Gasteiger partial charge in [-0.3, -0.25) is 14.9 Å². The van der Waals surface area contributed by atoms with Crippen LogP contribution in [0.25, 0.3) is 0 Å². The Kier molecular flexibility index (Phi) is 4.53. The molecule has 1 amide bonds. The minimum absolute atomic E-state index is 0.0629. The lowest BCUT2D eigenvalue weighted by Gasteiger charge is -2.55. The lowest BCUT2D eigenvalue weighted by molar-refractivity contribution is -0.139. The fourth-order valence-electron chi connectivity index (χ4n) is 6.05. The van der Waals surface area contributed by atoms with Gasteiger partial charge in [0, 0.05) is 11.6 Å². The number of pyridine rings is 1. The van der Waals surface area contributed by atoms with E-state index in [0.717, 1.165) is 58.9 Å². The zero-order chi connectivity index (χ0) is 21.1. The molecular formula is C20H21F3N4O2S. The number of hydrogen-bond acceptors (Lipinski definition) is 5. The summed E-state index contributed by atoms with van der Waals surface area (Å²) >= 11 is 1.35. The Bertz CT molecular complexity index is 1010. The summed E-state index contributed by atoms with van der Waals surface area (Å²) in [5.74, 6) is 1.66. The van der Waals surface area contributed by atoms with Crippen molar-refractivity contribution in [1.29, 1.82) is 0 Å². The Hall–Kier alpha value is -2.23. The molecule has 6 rings (SSSR count). The molecule has 2 aromatic heterocycles. The topological polar surface area (TPSA) is 76.9 Å². The second kappa shape index (κ2) is 6.90. The standard InChI is InChI=1S/C20H21F3N4O2S/c21-20(22,23)14-2-1-3-27(16(14)29)10-15(28)24-18-26-25-17(30-18)19-7-11-4-12(8-19)6-13(5-11)9-19/h1-3,11-13H,4-10H2,(H,24,26,28). The van der Waals surface area contributed by atoms with Crippen molar-refractivity contribution in [2.45, 2.75) is 56.7 Å². The average Bonchev–Trinajstić information content (AvgIpc) is 3.10. The first-order valence-corrected chi connectivity index (χ1v) is 10.9. The Morgan fingerprint density at radius 2 is 1.80 bits per heavy atom. The summed E-state index contributed by atoms with van der Waals surface area (Å²) in [4.78, 5) is 24.3. The van der Waals surface area contributed by atoms with E-state index in [0.29, 0.717) is 11.2 Å². The zero-order valence-corrected chi connectivity index (χ0v) is 16.9. The van der Waals surface area contributed by atoms with Gasteiger partial charge in [-0.05, 0) is 68.4 Å². The van der Waals surface area contributed by atoms with Crippen molar-refractivity contribution in [1.82, 2.24) is 14.8 Å². The Labute approximate surface area is 174 Å². The predicted octanol–water partition coefficient (Wildman–Crippen LogP) is 3.83. The highest BCUT2D eigenvalue weighted by Gasteiger charge is 2.53. The van der Waals surface area contributed by atoms with Gasteiger partial charge >= 0.3 is 6.18 Å². The number of halogens is 3. The second-order valence-electron chi connectivity index (χ2n) is 9.01. The van der Waals surface area contributed by atoms with Crippen LogP contribution in [-0.4, -0.2) is 20.7 Å². The van der Waals surface area contributed by atoms with E-state index >= 15 is 0 Å². The van der Waals surface area contributed by atoms with E-state index in [1.165, 1.54) is 30.6 Å². The molecule has 4 saturated carbocycles. The smallest absolute Gasteiger partial charge is 0.306 e. The third-order valence-electron chi connectivity index (χ3n) is 6.80. The molecule has 6 nitrogen and oxygen atoms in total. The van der Waals surface area contributed by atoms with Crippen LogP contribution in [0.3, 0.4) is 0 Å². The van der Waals surface area contributed by atoms with Crippen molar-refractivity contribution >= 4 is 22.4 Å². The summed E-state index contributed by atoms with van der Waals surface area (Å²) in [6.07, 6.45) is 3.72. The Morgan fingerprint density at radius 1 is 1.17 bits per heavy atom. The highest BCUT2D eigenvalue weighted by molar-refractivity contribution is 7.15. The number of nitrogens with one attached hydrogen (secondary N) is 1. The van der Waals surface area contributed by atoms with Crippen LogP contribution >= 0.6 is 11.3 Å². The summed E-state index contributed by atoms with van der Waals surface area (Å²) in [5.41, 5.74) is -2.47. The molecule has 2 aromatic rings. The van der Waals surface area contributed by atoms with Crippen LogP contribution in [0.2, 0.25) is 0 Å². The van der Waals surface area contributed by atoms with Crippen LogP contribution in [0, 0.1) is 17.8 Å². The second-order valence-corrected chi connectivity index (χ2v) is 9.99. The van der Waals surface area contributed by atoms with Gasteiger partial charge in [0.1, 0.15) is 17.1 Å². The molecule has 4 fully saturated rings. The highest BCUT2D eigenvalue weighted by atomic mass is 32.1. The molecule has 30 heavy (non-hydrogen) atoms. The lowest BCUT2D eigenvalue weighted by Crippen LogP contribution is -2.48. The molecule has 0 aliphatic heterocycles. The van der Waals surface area contributed by atoms with Crippen LogP contribution < -0.4 is 10.9 Å². The maximum absolute atomic E-state index is 12.9. The van der Waals surface area contributed by atoms with Crippen LogP contribution in [-0.2, 0) is 22.9 Å². The normalized spacial score (nSPS) is 29.9. The molecule has 0 spiro atoms. The van der Waals surface area contributed by atoms with Gasteiger partial charge in [-0.15, -0.1) is 10.2 Å². The number of aromatic nitrogens is 3. The first-order valence-electron chi connectivity index (χ1n) is 10.1. The summed E-state index contributed by atoms with van der Waals surface area (Å²) in [5, 5.41) is 12.3. The summed E-state index contributed by atoms with van der Waals surface area (Å²) in [6, 6.07) is 1.81. The molecule has 0 unspecified atom stereocenters. The summed E-state index contributed by atoms with van der Waals surface area (Å²) < 4.78 is 39.4. The molecule has 0 aromatic carbocycles. The molecule has 4 aliphatic carbocycles. The number of hydrogen-bond donors (Lipinski definition) is 1. The van der Waals surface area contributed by atoms with Crippen molar-refractivity contribution in [2.24, 2.45) is 17.8 Å². The van der Waals surface area contributed by atoms with Gasteiger partial charge in [-0.1, -0.05) is 11.3 Å². The molecule has 1 N–H and O–H groups in total. The number of rotatable bonds is 4. The summed E-state index contributed by atoms with van der Waals surface area (Å²) in [7, 11) is 0. The molecule has 160 valence electrons. The number of nitrogens with zero attached hydrogens (tertiary/aromatic N) is 3. The zero-order valence-electron chi connectivity index (χ0n) is 16.1. The predicted molar refractivity (Wildman–Crippen MR) is 104 cm³/mol. The molecule has 0 saturated heterocycles. The van der Waals surface area contributed by atoms with Crippen molar-refractivity contribution < 1.29 is 18.0 Å². The minimum Gasteiger partial charge on any atom is -0.306 e. The van der Waals surface area contributed by atoms with Crippen molar-refractivity contribution in [2.75, 3.05) is 5.32 Å². The maximum atomic E-state index is 12.9. The Morgan fingerprint density at radius 3 is 2.40 bits per heavy atom. The third-order valence-corrected chi connectivity index (χ3v) is 7.89. The first kappa shape index (κ1) is 19.7. The number of amides is 1. The molecule has 2 heterocycles. The van der Waals surface area contributed by atoms with Crippen LogP contribution in [0.15, 0.2) is 23.1 Å². The molecule has 0 radical (unpaired) electrons. The number of alkyl halides is 3. The number of carbonyl (C=O) groups is 1. The van der Waals surface area contributed by atoms with E-state index in [1.54, 1.807) is 0 Å². The summed E-state index contributed by atoms with van der Waals surface area (Å²) in [6.45, 7) is -0.519. The van der Waals surface area contributed by atoms with Crippen LogP contribution in [0.1, 0.15) is 49.1 Å². The monoisotopic (exact) mass is 438 g/mol. The number of anilines is 1. The fourth-order valence-corrected chi connectivity index (χ4v) is 7.03. The van der Waals surface area contributed by atoms with Crippen molar-refractivity contribution in [3.63, 3.8) is 0 Å². The molecule has 0 atom stereocenters. The largest absolute Gasteiger partial charge is 0.421 e. The average molecular weight is 438 g/mol. The van der Waals surface area contributed by atoms with E-state index in [2.05, 4.69) is 15.5 Å². The van der Waals surface area contributed by atoms with Crippen LogP contribution in [0.5, 0.6) is 0 Å². The van der Waals surface area contributed by atoms with Gasteiger partial charge < -0.3 is 4.57 Å².